The van der Waals surface area contributed by atoms with E-state index in [1.54, 1.807) is 12.4 Å². The summed E-state index contributed by atoms with van der Waals surface area (Å²) in [4.78, 5) is 8.69. The van der Waals surface area contributed by atoms with Gasteiger partial charge in [-0.3, -0.25) is 9.97 Å². The first kappa shape index (κ1) is 11.3. The zero-order valence-electron chi connectivity index (χ0n) is 10.0. The van der Waals surface area contributed by atoms with E-state index in [9.17, 15) is 0 Å². The quantitative estimate of drug-likeness (QED) is 0.572. The monoisotopic (exact) mass is 250 g/mol. The van der Waals surface area contributed by atoms with E-state index in [1.165, 1.54) is 0 Å². The molecule has 4 rings (SSSR count). The summed E-state index contributed by atoms with van der Waals surface area (Å²) < 4.78 is 0. The molecule has 92 valence electrons. The van der Waals surface area contributed by atoms with Crippen molar-refractivity contribution in [2.75, 3.05) is 6.67 Å². The fourth-order valence-corrected chi connectivity index (χ4v) is 1.82. The van der Waals surface area contributed by atoms with Crippen LogP contribution in [-0.2, 0) is 0 Å². The molecule has 0 fully saturated rings. The van der Waals surface area contributed by atoms with E-state index in [2.05, 4.69) is 54.9 Å². The van der Waals surface area contributed by atoms with Crippen molar-refractivity contribution in [3.63, 3.8) is 0 Å². The van der Waals surface area contributed by atoms with Crippen molar-refractivity contribution in [2.24, 2.45) is 20.7 Å². The summed E-state index contributed by atoms with van der Waals surface area (Å²) >= 11 is 0. The standard InChI is InChI=1S/C12H8N2.CH2N4/c1-3-9-5-6-10-4-2-8-14-12(10)11(9)13-7-1;1-2-4-5-3-1/h1-8H;1H2. The van der Waals surface area contributed by atoms with Gasteiger partial charge in [0.1, 0.15) is 0 Å². The van der Waals surface area contributed by atoms with E-state index >= 15 is 0 Å². The molecule has 1 aromatic carbocycles. The number of nitrogens with zero attached hydrogens (tertiary/aromatic N) is 6. The van der Waals surface area contributed by atoms with Crippen LogP contribution >= 0.6 is 0 Å². The van der Waals surface area contributed by atoms with Crippen molar-refractivity contribution in [3.8, 4) is 0 Å². The molecule has 0 saturated heterocycles. The Morgan fingerprint density at radius 1 is 0.684 bits per heavy atom. The van der Waals surface area contributed by atoms with Crippen LogP contribution in [0.1, 0.15) is 0 Å². The normalized spacial score (nSPS) is 12.6. The number of benzene rings is 1. The van der Waals surface area contributed by atoms with Crippen LogP contribution in [0.3, 0.4) is 0 Å². The zero-order valence-corrected chi connectivity index (χ0v) is 10.0. The molecule has 1 aliphatic rings. The molecule has 2 aromatic heterocycles. The Labute approximate surface area is 108 Å². The van der Waals surface area contributed by atoms with Crippen LogP contribution in [0.4, 0.5) is 0 Å². The molecule has 0 aliphatic carbocycles. The lowest BCUT2D eigenvalue weighted by molar-refractivity contribution is 1.05. The largest absolute Gasteiger partial charge is 0.254 e. The number of rotatable bonds is 0. The lowest BCUT2D eigenvalue weighted by Crippen LogP contribution is -1.83. The van der Waals surface area contributed by atoms with Gasteiger partial charge in [-0.25, -0.2) is 0 Å². The first-order chi connectivity index (χ1) is 9.45. The van der Waals surface area contributed by atoms with Crippen molar-refractivity contribution < 1.29 is 0 Å². The van der Waals surface area contributed by atoms with E-state index in [4.69, 9.17) is 0 Å². The lowest BCUT2D eigenvalue weighted by atomic mass is 10.1. The molecule has 3 heterocycles. The third kappa shape index (κ3) is 2.42. The summed E-state index contributed by atoms with van der Waals surface area (Å²) in [6.07, 6.45) is 3.60. The molecule has 19 heavy (non-hydrogen) atoms. The zero-order chi connectivity index (χ0) is 12.9. The third-order valence-corrected chi connectivity index (χ3v) is 2.64. The van der Waals surface area contributed by atoms with Crippen LogP contribution < -0.4 is 0 Å². The molecule has 0 unspecified atom stereocenters. The van der Waals surface area contributed by atoms with Crippen molar-refractivity contribution in [3.05, 3.63) is 48.8 Å². The van der Waals surface area contributed by atoms with Gasteiger partial charge in [-0.2, -0.15) is 0 Å². The number of aromatic nitrogens is 2. The topological polar surface area (TPSA) is 75.2 Å². The van der Waals surface area contributed by atoms with Crippen LogP contribution in [0.15, 0.2) is 69.5 Å². The lowest BCUT2D eigenvalue weighted by Gasteiger charge is -2.00. The molecular weight excluding hydrogens is 240 g/mol. The smallest absolute Gasteiger partial charge is 0.175 e. The van der Waals surface area contributed by atoms with Crippen LogP contribution in [0.5, 0.6) is 0 Å². The van der Waals surface area contributed by atoms with E-state index in [0.717, 1.165) is 21.8 Å². The average Bonchev–Trinajstić information content (AvgIpc) is 3.07. The van der Waals surface area contributed by atoms with Gasteiger partial charge < -0.3 is 0 Å². The highest BCUT2D eigenvalue weighted by molar-refractivity contribution is 6.02. The Balaban J connectivity index is 0.000000187. The van der Waals surface area contributed by atoms with E-state index < -0.39 is 0 Å². The van der Waals surface area contributed by atoms with Gasteiger partial charge in [-0.1, -0.05) is 24.3 Å². The minimum atomic E-state index is 0.417. The second-order valence-corrected chi connectivity index (χ2v) is 3.82. The highest BCUT2D eigenvalue weighted by Gasteiger charge is 2.00. The predicted molar refractivity (Wildman–Crippen MR) is 71.6 cm³/mol. The minimum absolute atomic E-state index is 0.417. The molecule has 0 radical (unpaired) electrons. The summed E-state index contributed by atoms with van der Waals surface area (Å²) in [5.74, 6) is 0. The van der Waals surface area contributed by atoms with Crippen molar-refractivity contribution in [1.29, 1.82) is 0 Å². The van der Waals surface area contributed by atoms with Gasteiger partial charge in [0, 0.05) is 23.2 Å². The van der Waals surface area contributed by atoms with Crippen LogP contribution in [0.25, 0.3) is 21.8 Å². The van der Waals surface area contributed by atoms with E-state index in [-0.39, 0.29) is 0 Å². The number of pyridine rings is 2. The molecule has 0 amide bonds. The van der Waals surface area contributed by atoms with Gasteiger partial charge in [0.15, 0.2) is 6.67 Å². The first-order valence-electron chi connectivity index (χ1n) is 5.77. The average molecular weight is 250 g/mol. The molecule has 0 bridgehead atoms. The van der Waals surface area contributed by atoms with Crippen molar-refractivity contribution in [1.82, 2.24) is 9.97 Å². The summed E-state index contributed by atoms with van der Waals surface area (Å²) in [5, 5.41) is 15.4. The van der Waals surface area contributed by atoms with Gasteiger partial charge in [-0.15, -0.1) is 10.2 Å². The SMILES string of the molecule is C1N=NN=N1.c1cnc2c(c1)ccc1cccnc12. The fraction of sp³-hybridized carbons (Fsp3) is 0.0769. The molecular formula is C13H10N6. The molecule has 3 aromatic rings. The highest BCUT2D eigenvalue weighted by Crippen LogP contribution is 2.20. The molecule has 6 nitrogen and oxygen atoms in total. The van der Waals surface area contributed by atoms with Gasteiger partial charge in [0.25, 0.3) is 0 Å². The second-order valence-electron chi connectivity index (χ2n) is 3.82. The molecule has 0 spiro atoms. The first-order valence-corrected chi connectivity index (χ1v) is 5.77. The Bertz CT molecular complexity index is 700. The summed E-state index contributed by atoms with van der Waals surface area (Å²) in [5.41, 5.74) is 1.95. The van der Waals surface area contributed by atoms with Crippen molar-refractivity contribution in [2.45, 2.75) is 0 Å². The Hall–Kier alpha value is -2.76. The number of hydrogen-bond donors (Lipinski definition) is 0. The maximum absolute atomic E-state index is 4.35. The third-order valence-electron chi connectivity index (χ3n) is 2.64. The maximum atomic E-state index is 4.35. The number of fused-ring (bicyclic) bond motifs is 3. The molecule has 0 N–H and O–H groups in total. The van der Waals surface area contributed by atoms with Gasteiger partial charge in [0.2, 0.25) is 0 Å². The maximum Gasteiger partial charge on any atom is 0.175 e. The number of hydrogen-bond acceptors (Lipinski definition) is 6. The summed E-state index contributed by atoms with van der Waals surface area (Å²) in [7, 11) is 0. The minimum Gasteiger partial charge on any atom is -0.254 e. The summed E-state index contributed by atoms with van der Waals surface area (Å²) in [6.45, 7) is 0.417. The van der Waals surface area contributed by atoms with E-state index in [1.807, 2.05) is 12.1 Å². The highest BCUT2D eigenvalue weighted by atomic mass is 15.5. The van der Waals surface area contributed by atoms with Crippen LogP contribution in [0, 0.1) is 0 Å². The van der Waals surface area contributed by atoms with Crippen LogP contribution in [0.2, 0.25) is 0 Å². The van der Waals surface area contributed by atoms with Gasteiger partial charge in [0.05, 0.1) is 11.0 Å². The van der Waals surface area contributed by atoms with Crippen molar-refractivity contribution >= 4 is 21.8 Å². The molecule has 1 aliphatic heterocycles. The predicted octanol–water partition coefficient (Wildman–Crippen LogP) is 3.56. The van der Waals surface area contributed by atoms with E-state index in [0.29, 0.717) is 6.67 Å². The van der Waals surface area contributed by atoms with Gasteiger partial charge in [-0.05, 0) is 22.6 Å². The Kier molecular flexibility index (Phi) is 3.14. The second kappa shape index (κ2) is 5.26. The fourth-order valence-electron chi connectivity index (χ4n) is 1.82. The Morgan fingerprint density at radius 3 is 1.63 bits per heavy atom. The summed E-state index contributed by atoms with van der Waals surface area (Å²) in [6, 6.07) is 12.1. The molecule has 0 saturated carbocycles. The van der Waals surface area contributed by atoms with Crippen LogP contribution in [-0.4, -0.2) is 16.6 Å². The molecule has 6 heteroatoms. The molecule has 0 atom stereocenters. The van der Waals surface area contributed by atoms with Gasteiger partial charge >= 0.3 is 0 Å². The Morgan fingerprint density at radius 2 is 1.21 bits per heavy atom.